The molecule has 0 saturated heterocycles. The molecule has 0 spiro atoms. The van der Waals surface area contributed by atoms with E-state index < -0.39 is 0 Å². The number of allylic oxidation sites excluding steroid dienone is 4. The fourth-order valence-corrected chi connectivity index (χ4v) is 5.76. The molecule has 0 saturated carbocycles. The molecule has 1 atom stereocenters. The van der Waals surface area contributed by atoms with Gasteiger partial charge in [-0.3, -0.25) is 0 Å². The Labute approximate surface area is 194 Å². The molecule has 164 valence electrons. The first-order chi connectivity index (χ1) is 15.2. The SMILES string of the molecule is CCC1=CC(C(c2cc(C)cc(C)c2)(c2cc(C)cc(C)c2)c2cc(C)cc(C)c2)C=C1. The van der Waals surface area contributed by atoms with Gasteiger partial charge in [0.2, 0.25) is 0 Å². The molecule has 32 heavy (non-hydrogen) atoms. The summed E-state index contributed by atoms with van der Waals surface area (Å²) in [5.74, 6) is 0.265. The molecule has 0 aliphatic heterocycles. The minimum Gasteiger partial charge on any atom is -0.0758 e. The van der Waals surface area contributed by atoms with Crippen LogP contribution < -0.4 is 0 Å². The maximum atomic E-state index is 2.51. The number of hydrogen-bond donors (Lipinski definition) is 0. The van der Waals surface area contributed by atoms with Crippen LogP contribution in [0.15, 0.2) is 78.4 Å². The zero-order chi connectivity index (χ0) is 23.0. The van der Waals surface area contributed by atoms with E-state index in [9.17, 15) is 0 Å². The molecule has 0 radical (unpaired) electrons. The van der Waals surface area contributed by atoms with Gasteiger partial charge in [-0.25, -0.2) is 0 Å². The first-order valence-corrected chi connectivity index (χ1v) is 11.9. The molecule has 0 aromatic heterocycles. The zero-order valence-corrected chi connectivity index (χ0v) is 20.7. The van der Waals surface area contributed by atoms with Gasteiger partial charge >= 0.3 is 0 Å². The number of aryl methyl sites for hydroxylation is 6. The van der Waals surface area contributed by atoms with Crippen LogP contribution in [0.5, 0.6) is 0 Å². The maximum absolute atomic E-state index is 2.51. The van der Waals surface area contributed by atoms with Crippen molar-refractivity contribution in [2.24, 2.45) is 5.92 Å². The second-order valence-corrected chi connectivity index (χ2v) is 9.92. The van der Waals surface area contributed by atoms with Gasteiger partial charge in [-0.05, 0) is 64.7 Å². The largest absolute Gasteiger partial charge is 0.0758 e. The van der Waals surface area contributed by atoms with Crippen molar-refractivity contribution in [1.29, 1.82) is 0 Å². The van der Waals surface area contributed by atoms with E-state index in [0.29, 0.717) is 0 Å². The van der Waals surface area contributed by atoms with E-state index in [1.165, 1.54) is 55.6 Å². The van der Waals surface area contributed by atoms with E-state index in [1.54, 1.807) is 0 Å². The number of benzene rings is 3. The van der Waals surface area contributed by atoms with Gasteiger partial charge in [0.25, 0.3) is 0 Å². The van der Waals surface area contributed by atoms with Gasteiger partial charge in [-0.2, -0.15) is 0 Å². The van der Waals surface area contributed by atoms with Crippen molar-refractivity contribution in [2.45, 2.75) is 60.3 Å². The first-order valence-electron chi connectivity index (χ1n) is 11.9. The van der Waals surface area contributed by atoms with Crippen molar-refractivity contribution >= 4 is 0 Å². The Bertz CT molecular complexity index is 1030. The smallest absolute Gasteiger partial charge is 0.0549 e. The van der Waals surface area contributed by atoms with Gasteiger partial charge in [0.05, 0.1) is 5.41 Å². The molecule has 0 heterocycles. The molecule has 0 amide bonds. The van der Waals surface area contributed by atoms with Crippen LogP contribution in [-0.2, 0) is 5.41 Å². The fraction of sp³-hybridized carbons (Fsp3) is 0.312. The Hall–Kier alpha value is -2.86. The van der Waals surface area contributed by atoms with Crippen LogP contribution in [0.4, 0.5) is 0 Å². The van der Waals surface area contributed by atoms with Crippen molar-refractivity contribution < 1.29 is 0 Å². The van der Waals surface area contributed by atoms with Crippen molar-refractivity contribution in [1.82, 2.24) is 0 Å². The number of hydrogen-bond acceptors (Lipinski definition) is 0. The predicted octanol–water partition coefficient (Wildman–Crippen LogP) is 8.39. The van der Waals surface area contributed by atoms with Crippen molar-refractivity contribution in [3.63, 3.8) is 0 Å². The van der Waals surface area contributed by atoms with Crippen LogP contribution in [0.2, 0.25) is 0 Å². The van der Waals surface area contributed by atoms with Gasteiger partial charge in [-0.1, -0.05) is 119 Å². The summed E-state index contributed by atoms with van der Waals surface area (Å²) in [4.78, 5) is 0. The summed E-state index contributed by atoms with van der Waals surface area (Å²) < 4.78 is 0. The van der Waals surface area contributed by atoms with Crippen LogP contribution in [-0.4, -0.2) is 0 Å². The van der Waals surface area contributed by atoms with Crippen molar-refractivity contribution in [2.75, 3.05) is 0 Å². The van der Waals surface area contributed by atoms with Gasteiger partial charge in [0.15, 0.2) is 0 Å². The second-order valence-electron chi connectivity index (χ2n) is 9.92. The van der Waals surface area contributed by atoms with Gasteiger partial charge in [0.1, 0.15) is 0 Å². The van der Waals surface area contributed by atoms with E-state index in [0.717, 1.165) is 6.42 Å². The predicted molar refractivity (Wildman–Crippen MR) is 139 cm³/mol. The molecular weight excluding hydrogens is 384 g/mol. The van der Waals surface area contributed by atoms with Crippen molar-refractivity contribution in [3.05, 3.63) is 128 Å². The topological polar surface area (TPSA) is 0 Å². The molecule has 3 aromatic rings. The van der Waals surface area contributed by atoms with Gasteiger partial charge < -0.3 is 0 Å². The highest BCUT2D eigenvalue weighted by atomic mass is 14.4. The minimum absolute atomic E-state index is 0.265. The van der Waals surface area contributed by atoms with Crippen LogP contribution >= 0.6 is 0 Å². The fourth-order valence-electron chi connectivity index (χ4n) is 5.76. The Morgan fingerprint density at radius 1 is 0.562 bits per heavy atom. The minimum atomic E-state index is -0.280. The molecule has 4 rings (SSSR count). The van der Waals surface area contributed by atoms with E-state index in [4.69, 9.17) is 0 Å². The standard InChI is InChI=1S/C32H36/c1-8-27-9-10-28(20-27)32(29-14-21(2)11-22(3)15-29,30-16-23(4)12-24(5)17-30)31-18-25(6)13-26(7)19-31/h9-20,28H,8H2,1-7H3. The third-order valence-electron chi connectivity index (χ3n) is 6.85. The quantitative estimate of drug-likeness (QED) is 0.363. The zero-order valence-electron chi connectivity index (χ0n) is 20.7. The molecule has 1 aliphatic rings. The average molecular weight is 421 g/mol. The molecule has 0 N–H and O–H groups in total. The molecule has 3 aromatic carbocycles. The van der Waals surface area contributed by atoms with Gasteiger partial charge in [-0.15, -0.1) is 0 Å². The lowest BCUT2D eigenvalue weighted by Gasteiger charge is -2.41. The molecule has 0 fully saturated rings. The molecule has 0 heteroatoms. The molecule has 1 aliphatic carbocycles. The molecule has 0 bridgehead atoms. The Morgan fingerprint density at radius 3 is 1.19 bits per heavy atom. The average Bonchev–Trinajstić information content (AvgIpc) is 3.16. The van der Waals surface area contributed by atoms with Gasteiger partial charge in [0, 0.05) is 5.92 Å². The van der Waals surface area contributed by atoms with E-state index in [1.807, 2.05) is 0 Å². The summed E-state index contributed by atoms with van der Waals surface area (Å²) in [5, 5.41) is 0. The maximum Gasteiger partial charge on any atom is 0.0549 e. The summed E-state index contributed by atoms with van der Waals surface area (Å²) in [6, 6.07) is 21.3. The van der Waals surface area contributed by atoms with E-state index in [2.05, 4.69) is 121 Å². The normalized spacial score (nSPS) is 15.8. The lowest BCUT2D eigenvalue weighted by atomic mass is 9.61. The summed E-state index contributed by atoms with van der Waals surface area (Å²) >= 11 is 0. The third kappa shape index (κ3) is 3.99. The second kappa shape index (κ2) is 8.58. The summed E-state index contributed by atoms with van der Waals surface area (Å²) in [7, 11) is 0. The van der Waals surface area contributed by atoms with Crippen molar-refractivity contribution in [3.8, 4) is 0 Å². The van der Waals surface area contributed by atoms with Crippen LogP contribution in [0, 0.1) is 47.5 Å². The van der Waals surface area contributed by atoms with Crippen LogP contribution in [0.1, 0.15) is 63.4 Å². The Kier molecular flexibility index (Phi) is 5.99. The summed E-state index contributed by atoms with van der Waals surface area (Å²) in [6.45, 7) is 15.6. The Morgan fingerprint density at radius 2 is 0.906 bits per heavy atom. The first kappa shape index (κ1) is 22.3. The van der Waals surface area contributed by atoms with E-state index in [-0.39, 0.29) is 11.3 Å². The lowest BCUT2D eigenvalue weighted by molar-refractivity contribution is 0.525. The molecule has 0 nitrogen and oxygen atoms in total. The molecular formula is C32H36. The monoisotopic (exact) mass is 420 g/mol. The van der Waals surface area contributed by atoms with Crippen LogP contribution in [0.25, 0.3) is 0 Å². The Balaban J connectivity index is 2.18. The highest BCUT2D eigenvalue weighted by Crippen LogP contribution is 2.50. The third-order valence-corrected chi connectivity index (χ3v) is 6.85. The highest BCUT2D eigenvalue weighted by molar-refractivity contribution is 5.58. The number of rotatable bonds is 5. The summed E-state index contributed by atoms with van der Waals surface area (Å²) in [6.07, 6.45) is 8.35. The molecule has 1 unspecified atom stereocenters. The van der Waals surface area contributed by atoms with Crippen LogP contribution in [0.3, 0.4) is 0 Å². The lowest BCUT2D eigenvalue weighted by Crippen LogP contribution is -2.36. The van der Waals surface area contributed by atoms with E-state index >= 15 is 0 Å². The summed E-state index contributed by atoms with van der Waals surface area (Å²) in [5.41, 5.74) is 13.2. The highest BCUT2D eigenvalue weighted by Gasteiger charge is 2.43.